The quantitative estimate of drug-likeness (QED) is 0.853. The van der Waals surface area contributed by atoms with E-state index >= 15 is 0 Å². The first kappa shape index (κ1) is 13.4. The average molecular weight is 261 g/mol. The SMILES string of the molecule is CCNc1ccc(C)cc1C(=O)N1CCNC(=O)C1. The number of piperazine rings is 1. The Morgan fingerprint density at radius 1 is 1.47 bits per heavy atom. The standard InChI is InChI=1S/C14H19N3O2/c1-3-15-12-5-4-10(2)8-11(12)14(19)17-7-6-16-13(18)9-17/h4-5,8,15H,3,6-7,9H2,1-2H3,(H,16,18). The molecule has 1 aliphatic rings. The molecule has 0 bridgehead atoms. The molecule has 1 saturated heterocycles. The molecule has 5 nitrogen and oxygen atoms in total. The van der Waals surface area contributed by atoms with E-state index in [1.165, 1.54) is 0 Å². The molecule has 0 saturated carbocycles. The largest absolute Gasteiger partial charge is 0.385 e. The summed E-state index contributed by atoms with van der Waals surface area (Å²) in [4.78, 5) is 25.5. The van der Waals surface area contributed by atoms with Crippen LogP contribution < -0.4 is 10.6 Å². The van der Waals surface area contributed by atoms with Crippen LogP contribution in [0.25, 0.3) is 0 Å². The molecule has 0 unspecified atom stereocenters. The van der Waals surface area contributed by atoms with Gasteiger partial charge in [0.15, 0.2) is 0 Å². The number of carbonyl (C=O) groups is 2. The van der Waals surface area contributed by atoms with Gasteiger partial charge in [0.2, 0.25) is 5.91 Å². The van der Waals surface area contributed by atoms with Gasteiger partial charge in [-0.1, -0.05) is 11.6 Å². The van der Waals surface area contributed by atoms with Crippen LogP contribution in [0.1, 0.15) is 22.8 Å². The molecule has 5 heteroatoms. The summed E-state index contributed by atoms with van der Waals surface area (Å²) in [7, 11) is 0. The summed E-state index contributed by atoms with van der Waals surface area (Å²) in [5, 5.41) is 5.91. The van der Waals surface area contributed by atoms with Crippen LogP contribution in [0, 0.1) is 6.92 Å². The Bertz CT molecular complexity index is 499. The molecule has 19 heavy (non-hydrogen) atoms. The fourth-order valence-electron chi connectivity index (χ4n) is 2.16. The number of anilines is 1. The predicted molar refractivity (Wildman–Crippen MR) is 74.3 cm³/mol. The highest BCUT2D eigenvalue weighted by Crippen LogP contribution is 2.19. The molecule has 1 aliphatic heterocycles. The number of aryl methyl sites for hydroxylation is 1. The number of nitrogens with zero attached hydrogens (tertiary/aromatic N) is 1. The monoisotopic (exact) mass is 261 g/mol. The molecule has 0 atom stereocenters. The lowest BCUT2D eigenvalue weighted by Crippen LogP contribution is -2.50. The third kappa shape index (κ3) is 3.05. The Hall–Kier alpha value is -2.04. The summed E-state index contributed by atoms with van der Waals surface area (Å²) in [6.07, 6.45) is 0. The Morgan fingerprint density at radius 2 is 2.26 bits per heavy atom. The summed E-state index contributed by atoms with van der Waals surface area (Å²) >= 11 is 0. The number of amides is 2. The number of rotatable bonds is 3. The highest BCUT2D eigenvalue weighted by atomic mass is 16.2. The number of nitrogens with one attached hydrogen (secondary N) is 2. The van der Waals surface area contributed by atoms with E-state index in [1.54, 1.807) is 4.90 Å². The molecule has 0 aromatic heterocycles. The molecule has 1 heterocycles. The zero-order valence-electron chi connectivity index (χ0n) is 11.3. The normalized spacial score (nSPS) is 15.1. The lowest BCUT2D eigenvalue weighted by molar-refractivity contribution is -0.123. The number of hydrogen-bond acceptors (Lipinski definition) is 3. The molecular formula is C14H19N3O2. The van der Waals surface area contributed by atoms with Crippen LogP contribution in [-0.4, -0.2) is 42.9 Å². The topological polar surface area (TPSA) is 61.4 Å². The molecular weight excluding hydrogens is 242 g/mol. The first-order valence-electron chi connectivity index (χ1n) is 6.52. The average Bonchev–Trinajstić information content (AvgIpc) is 2.40. The maximum absolute atomic E-state index is 12.5. The van der Waals surface area contributed by atoms with Crippen molar-refractivity contribution in [3.8, 4) is 0 Å². The van der Waals surface area contributed by atoms with Crippen molar-refractivity contribution in [2.45, 2.75) is 13.8 Å². The minimum atomic E-state index is -0.0998. The zero-order chi connectivity index (χ0) is 13.8. The minimum absolute atomic E-state index is 0.0884. The smallest absolute Gasteiger partial charge is 0.256 e. The Kier molecular flexibility index (Phi) is 4.04. The van der Waals surface area contributed by atoms with Gasteiger partial charge in [-0.3, -0.25) is 9.59 Å². The zero-order valence-corrected chi connectivity index (χ0v) is 11.3. The van der Waals surface area contributed by atoms with E-state index < -0.39 is 0 Å². The molecule has 0 spiro atoms. The van der Waals surface area contributed by atoms with Gasteiger partial charge in [-0.15, -0.1) is 0 Å². The van der Waals surface area contributed by atoms with Crippen molar-refractivity contribution in [3.05, 3.63) is 29.3 Å². The third-order valence-electron chi connectivity index (χ3n) is 3.10. The fourth-order valence-corrected chi connectivity index (χ4v) is 2.16. The Morgan fingerprint density at radius 3 is 2.95 bits per heavy atom. The van der Waals surface area contributed by atoms with Gasteiger partial charge >= 0.3 is 0 Å². The Balaban J connectivity index is 2.26. The van der Waals surface area contributed by atoms with E-state index in [-0.39, 0.29) is 18.4 Å². The maximum atomic E-state index is 12.5. The number of benzene rings is 1. The van der Waals surface area contributed by atoms with Crippen LogP contribution in [0.3, 0.4) is 0 Å². The highest BCUT2D eigenvalue weighted by molar-refractivity contribution is 6.01. The van der Waals surface area contributed by atoms with Gasteiger partial charge in [0.05, 0.1) is 12.1 Å². The molecule has 1 aromatic carbocycles. The van der Waals surface area contributed by atoms with Gasteiger partial charge in [0.1, 0.15) is 0 Å². The summed E-state index contributed by atoms with van der Waals surface area (Å²) < 4.78 is 0. The van der Waals surface area contributed by atoms with Gasteiger partial charge in [0.25, 0.3) is 5.91 Å². The van der Waals surface area contributed by atoms with Crippen LogP contribution in [0.5, 0.6) is 0 Å². The van der Waals surface area contributed by atoms with Gasteiger partial charge in [-0.2, -0.15) is 0 Å². The summed E-state index contributed by atoms with van der Waals surface area (Å²) in [6.45, 7) is 5.91. The first-order valence-corrected chi connectivity index (χ1v) is 6.52. The van der Waals surface area contributed by atoms with E-state index in [9.17, 15) is 9.59 Å². The van der Waals surface area contributed by atoms with Crippen LogP contribution in [0.4, 0.5) is 5.69 Å². The van der Waals surface area contributed by atoms with E-state index in [0.717, 1.165) is 17.8 Å². The lowest BCUT2D eigenvalue weighted by Gasteiger charge is -2.27. The van der Waals surface area contributed by atoms with Crippen LogP contribution in [0.15, 0.2) is 18.2 Å². The number of hydrogen-bond donors (Lipinski definition) is 2. The first-order chi connectivity index (χ1) is 9.11. The van der Waals surface area contributed by atoms with Gasteiger partial charge in [-0.25, -0.2) is 0 Å². The van der Waals surface area contributed by atoms with Gasteiger partial charge in [0, 0.05) is 25.3 Å². The second kappa shape index (κ2) is 5.73. The summed E-state index contributed by atoms with van der Waals surface area (Å²) in [5.74, 6) is -0.188. The minimum Gasteiger partial charge on any atom is -0.385 e. The molecule has 0 radical (unpaired) electrons. The lowest BCUT2D eigenvalue weighted by atomic mass is 10.1. The molecule has 1 aromatic rings. The van der Waals surface area contributed by atoms with Crippen LogP contribution >= 0.6 is 0 Å². The molecule has 0 aliphatic carbocycles. The molecule has 102 valence electrons. The second-order valence-electron chi connectivity index (χ2n) is 4.66. The van der Waals surface area contributed by atoms with Crippen molar-refractivity contribution in [2.24, 2.45) is 0 Å². The van der Waals surface area contributed by atoms with Crippen molar-refractivity contribution in [2.75, 3.05) is 31.5 Å². The maximum Gasteiger partial charge on any atom is 0.256 e. The van der Waals surface area contributed by atoms with Gasteiger partial charge < -0.3 is 15.5 Å². The van der Waals surface area contributed by atoms with Crippen molar-refractivity contribution in [3.63, 3.8) is 0 Å². The van der Waals surface area contributed by atoms with Crippen LogP contribution in [0.2, 0.25) is 0 Å². The van der Waals surface area contributed by atoms with Crippen molar-refractivity contribution >= 4 is 17.5 Å². The van der Waals surface area contributed by atoms with Crippen LogP contribution in [-0.2, 0) is 4.79 Å². The second-order valence-corrected chi connectivity index (χ2v) is 4.66. The molecule has 1 fully saturated rings. The molecule has 2 amide bonds. The van der Waals surface area contributed by atoms with Crippen molar-refractivity contribution in [1.29, 1.82) is 0 Å². The highest BCUT2D eigenvalue weighted by Gasteiger charge is 2.24. The fraction of sp³-hybridized carbons (Fsp3) is 0.429. The van der Waals surface area contributed by atoms with E-state index in [0.29, 0.717) is 18.7 Å². The predicted octanol–water partition coefficient (Wildman–Crippen LogP) is 0.999. The van der Waals surface area contributed by atoms with E-state index in [1.807, 2.05) is 32.0 Å². The van der Waals surface area contributed by atoms with E-state index in [2.05, 4.69) is 10.6 Å². The third-order valence-corrected chi connectivity index (χ3v) is 3.10. The summed E-state index contributed by atoms with van der Waals surface area (Å²) in [5.41, 5.74) is 2.49. The van der Waals surface area contributed by atoms with Gasteiger partial charge in [-0.05, 0) is 26.0 Å². The Labute approximate surface area is 113 Å². The van der Waals surface area contributed by atoms with Crippen molar-refractivity contribution in [1.82, 2.24) is 10.2 Å². The summed E-state index contributed by atoms with van der Waals surface area (Å²) in [6, 6.07) is 5.75. The van der Waals surface area contributed by atoms with E-state index in [4.69, 9.17) is 0 Å². The molecule has 2 rings (SSSR count). The number of carbonyl (C=O) groups excluding carboxylic acids is 2. The molecule has 2 N–H and O–H groups in total. The van der Waals surface area contributed by atoms with Crippen molar-refractivity contribution < 1.29 is 9.59 Å².